The SMILES string of the molecule is COC1=CCC(CCN2C(=O)c3ccccc3C2=O)=CC1. The van der Waals surface area contributed by atoms with Crippen molar-refractivity contribution in [1.82, 2.24) is 4.90 Å². The Hall–Kier alpha value is -2.36. The molecule has 1 aromatic rings. The lowest BCUT2D eigenvalue weighted by atomic mass is 10.0. The molecule has 0 saturated carbocycles. The Balaban J connectivity index is 1.64. The fourth-order valence-corrected chi connectivity index (χ4v) is 2.72. The summed E-state index contributed by atoms with van der Waals surface area (Å²) < 4.78 is 5.19. The number of nitrogens with zero attached hydrogens (tertiary/aromatic N) is 1. The summed E-state index contributed by atoms with van der Waals surface area (Å²) in [6.07, 6.45) is 6.51. The van der Waals surface area contributed by atoms with E-state index in [1.165, 1.54) is 10.5 Å². The van der Waals surface area contributed by atoms with Crippen molar-refractivity contribution in [3.63, 3.8) is 0 Å². The molecule has 0 N–H and O–H groups in total. The van der Waals surface area contributed by atoms with Gasteiger partial charge in [-0.3, -0.25) is 14.5 Å². The number of allylic oxidation sites excluding steroid dienone is 2. The van der Waals surface area contributed by atoms with Crippen molar-refractivity contribution in [3.8, 4) is 0 Å². The molecule has 0 saturated heterocycles. The number of hydrogen-bond acceptors (Lipinski definition) is 3. The van der Waals surface area contributed by atoms with Gasteiger partial charge in [-0.15, -0.1) is 0 Å². The Kier molecular flexibility index (Phi) is 3.60. The Morgan fingerprint density at radius 3 is 2.24 bits per heavy atom. The lowest BCUT2D eigenvalue weighted by Crippen LogP contribution is -2.31. The van der Waals surface area contributed by atoms with Crippen molar-refractivity contribution in [2.45, 2.75) is 19.3 Å². The van der Waals surface area contributed by atoms with Crippen LogP contribution in [0.1, 0.15) is 40.0 Å². The fraction of sp³-hybridized carbons (Fsp3) is 0.294. The molecule has 108 valence electrons. The highest BCUT2D eigenvalue weighted by Crippen LogP contribution is 2.25. The van der Waals surface area contributed by atoms with Crippen molar-refractivity contribution >= 4 is 11.8 Å². The van der Waals surface area contributed by atoms with Crippen LogP contribution in [-0.4, -0.2) is 30.4 Å². The molecule has 1 aromatic carbocycles. The summed E-state index contributed by atoms with van der Waals surface area (Å²) in [6, 6.07) is 6.99. The molecule has 0 fully saturated rings. The number of amides is 2. The summed E-state index contributed by atoms with van der Waals surface area (Å²) in [4.78, 5) is 25.8. The van der Waals surface area contributed by atoms with E-state index in [1.807, 2.05) is 0 Å². The Morgan fingerprint density at radius 1 is 1.05 bits per heavy atom. The van der Waals surface area contributed by atoms with Crippen LogP contribution in [0.2, 0.25) is 0 Å². The second-order valence-corrected chi connectivity index (χ2v) is 5.20. The fourth-order valence-electron chi connectivity index (χ4n) is 2.72. The second kappa shape index (κ2) is 5.56. The minimum atomic E-state index is -0.180. The standard InChI is InChI=1S/C17H17NO3/c1-21-13-8-6-12(7-9-13)10-11-18-16(19)14-4-2-3-5-15(14)17(18)20/h2-6,9H,7-8,10-11H2,1H3. The Labute approximate surface area is 123 Å². The van der Waals surface area contributed by atoms with Gasteiger partial charge in [-0.05, 0) is 31.1 Å². The summed E-state index contributed by atoms with van der Waals surface area (Å²) in [7, 11) is 1.67. The molecule has 0 bridgehead atoms. The molecular formula is C17H17NO3. The van der Waals surface area contributed by atoms with E-state index in [0.29, 0.717) is 17.7 Å². The van der Waals surface area contributed by atoms with Gasteiger partial charge in [0.1, 0.15) is 0 Å². The van der Waals surface area contributed by atoms with Crippen molar-refractivity contribution in [2.24, 2.45) is 0 Å². The first-order valence-electron chi connectivity index (χ1n) is 7.07. The van der Waals surface area contributed by atoms with Crippen LogP contribution in [0.15, 0.2) is 47.7 Å². The number of carbonyl (C=O) groups is 2. The van der Waals surface area contributed by atoms with Crippen LogP contribution in [0.25, 0.3) is 0 Å². The molecule has 1 heterocycles. The summed E-state index contributed by atoms with van der Waals surface area (Å²) in [6.45, 7) is 0.439. The number of benzene rings is 1. The average Bonchev–Trinajstić information content (AvgIpc) is 2.78. The molecule has 4 heteroatoms. The van der Waals surface area contributed by atoms with Crippen molar-refractivity contribution in [3.05, 3.63) is 58.9 Å². The van der Waals surface area contributed by atoms with Crippen molar-refractivity contribution < 1.29 is 14.3 Å². The molecule has 0 atom stereocenters. The highest BCUT2D eigenvalue weighted by atomic mass is 16.5. The normalized spacial score (nSPS) is 17.5. The molecule has 0 aromatic heterocycles. The van der Waals surface area contributed by atoms with Gasteiger partial charge in [0.25, 0.3) is 11.8 Å². The lowest BCUT2D eigenvalue weighted by Gasteiger charge is -2.17. The molecule has 0 spiro atoms. The third kappa shape index (κ3) is 2.49. The predicted molar refractivity (Wildman–Crippen MR) is 78.8 cm³/mol. The number of imide groups is 1. The molecule has 0 radical (unpaired) electrons. The first-order valence-corrected chi connectivity index (χ1v) is 7.07. The number of fused-ring (bicyclic) bond motifs is 1. The van der Waals surface area contributed by atoms with E-state index in [-0.39, 0.29) is 11.8 Å². The maximum absolute atomic E-state index is 12.2. The van der Waals surface area contributed by atoms with E-state index in [9.17, 15) is 9.59 Å². The molecule has 1 aliphatic heterocycles. The van der Waals surface area contributed by atoms with Crippen LogP contribution in [0.5, 0.6) is 0 Å². The maximum Gasteiger partial charge on any atom is 0.261 e. The highest BCUT2D eigenvalue weighted by molar-refractivity contribution is 6.21. The van der Waals surface area contributed by atoms with Gasteiger partial charge in [0.2, 0.25) is 0 Å². The molecular weight excluding hydrogens is 266 g/mol. The largest absolute Gasteiger partial charge is 0.501 e. The summed E-state index contributed by atoms with van der Waals surface area (Å²) >= 11 is 0. The summed E-state index contributed by atoms with van der Waals surface area (Å²) in [5, 5.41) is 0. The third-order valence-electron chi connectivity index (χ3n) is 3.98. The first kappa shape index (κ1) is 13.6. The molecule has 0 unspecified atom stereocenters. The lowest BCUT2D eigenvalue weighted by molar-refractivity contribution is 0.0656. The van der Waals surface area contributed by atoms with Gasteiger partial charge < -0.3 is 4.74 Å². The zero-order valence-corrected chi connectivity index (χ0v) is 12.0. The molecule has 4 nitrogen and oxygen atoms in total. The third-order valence-corrected chi connectivity index (χ3v) is 3.98. The number of carbonyl (C=O) groups excluding carboxylic acids is 2. The van der Waals surface area contributed by atoms with E-state index in [2.05, 4.69) is 12.2 Å². The van der Waals surface area contributed by atoms with Gasteiger partial charge in [-0.25, -0.2) is 0 Å². The zero-order valence-electron chi connectivity index (χ0n) is 12.0. The van der Waals surface area contributed by atoms with E-state index in [0.717, 1.165) is 25.0 Å². The maximum atomic E-state index is 12.2. The van der Waals surface area contributed by atoms with Crippen LogP contribution in [0.4, 0.5) is 0 Å². The van der Waals surface area contributed by atoms with Gasteiger partial charge in [-0.2, -0.15) is 0 Å². The van der Waals surface area contributed by atoms with Crippen molar-refractivity contribution in [2.75, 3.05) is 13.7 Å². The summed E-state index contributed by atoms with van der Waals surface area (Å²) in [5.74, 6) is 0.611. The number of methoxy groups -OCH3 is 1. The molecule has 21 heavy (non-hydrogen) atoms. The van der Waals surface area contributed by atoms with Crippen molar-refractivity contribution in [1.29, 1.82) is 0 Å². The predicted octanol–water partition coefficient (Wildman–Crippen LogP) is 2.92. The minimum Gasteiger partial charge on any atom is -0.501 e. The Bertz CT molecular complexity index is 623. The van der Waals surface area contributed by atoms with E-state index >= 15 is 0 Å². The van der Waals surface area contributed by atoms with Gasteiger partial charge in [0, 0.05) is 13.0 Å². The first-order chi connectivity index (χ1) is 10.2. The Morgan fingerprint density at radius 2 is 1.71 bits per heavy atom. The van der Waals surface area contributed by atoms with Gasteiger partial charge in [0.05, 0.1) is 24.0 Å². The van der Waals surface area contributed by atoms with Crippen LogP contribution >= 0.6 is 0 Å². The highest BCUT2D eigenvalue weighted by Gasteiger charge is 2.34. The minimum absolute atomic E-state index is 0.180. The average molecular weight is 283 g/mol. The number of ether oxygens (including phenoxy) is 1. The van der Waals surface area contributed by atoms with Crippen LogP contribution in [-0.2, 0) is 4.74 Å². The van der Waals surface area contributed by atoms with Gasteiger partial charge in [0.15, 0.2) is 0 Å². The monoisotopic (exact) mass is 283 g/mol. The molecule has 1 aliphatic carbocycles. The van der Waals surface area contributed by atoms with Gasteiger partial charge in [-0.1, -0.05) is 23.8 Å². The number of hydrogen-bond donors (Lipinski definition) is 0. The topological polar surface area (TPSA) is 46.6 Å². The molecule has 2 amide bonds. The van der Waals surface area contributed by atoms with E-state index < -0.39 is 0 Å². The summed E-state index contributed by atoms with van der Waals surface area (Å²) in [5.41, 5.74) is 2.27. The quantitative estimate of drug-likeness (QED) is 0.630. The number of rotatable bonds is 4. The second-order valence-electron chi connectivity index (χ2n) is 5.20. The van der Waals surface area contributed by atoms with Crippen LogP contribution < -0.4 is 0 Å². The van der Waals surface area contributed by atoms with E-state index in [1.54, 1.807) is 31.4 Å². The van der Waals surface area contributed by atoms with Gasteiger partial charge >= 0.3 is 0 Å². The van der Waals surface area contributed by atoms with Crippen LogP contribution in [0, 0.1) is 0 Å². The molecule has 3 rings (SSSR count). The van der Waals surface area contributed by atoms with Crippen LogP contribution in [0.3, 0.4) is 0 Å². The molecule has 2 aliphatic rings. The zero-order chi connectivity index (χ0) is 14.8. The smallest absolute Gasteiger partial charge is 0.261 e. The van der Waals surface area contributed by atoms with E-state index in [4.69, 9.17) is 4.74 Å².